The molecule has 1 aromatic rings. The van der Waals surface area contributed by atoms with Crippen molar-refractivity contribution in [3.05, 3.63) is 28.1 Å². The van der Waals surface area contributed by atoms with Crippen molar-refractivity contribution in [2.45, 2.75) is 6.92 Å². The Bertz CT molecular complexity index is 245. The molecule has 1 rings (SSSR count). The maximum atomic E-state index is 10.2. The summed E-state index contributed by atoms with van der Waals surface area (Å²) in [7, 11) is 1.78. The maximum absolute atomic E-state index is 10.2. The third-order valence-corrected chi connectivity index (χ3v) is 1.45. The predicted molar refractivity (Wildman–Crippen MR) is 36.8 cm³/mol. The Morgan fingerprint density at radius 2 is 2.30 bits per heavy atom. The number of hydrogen-bond donors (Lipinski definition) is 0. The molecule has 0 bridgehead atoms. The van der Waals surface area contributed by atoms with Crippen LogP contribution >= 0.6 is 0 Å². The van der Waals surface area contributed by atoms with Gasteiger partial charge in [0.15, 0.2) is 0 Å². The SMILES string of the molecule is Cc1cc([N+](=O)[O-])cn1C. The molecule has 0 aliphatic carbocycles. The van der Waals surface area contributed by atoms with Crippen LogP contribution in [0.4, 0.5) is 5.69 Å². The van der Waals surface area contributed by atoms with Gasteiger partial charge in [-0.25, -0.2) is 0 Å². The van der Waals surface area contributed by atoms with E-state index in [-0.39, 0.29) is 5.69 Å². The third-order valence-electron chi connectivity index (χ3n) is 1.45. The van der Waals surface area contributed by atoms with Gasteiger partial charge >= 0.3 is 0 Å². The molecule has 0 unspecified atom stereocenters. The Balaban J connectivity index is 3.10. The highest BCUT2D eigenvalue weighted by Crippen LogP contribution is 2.13. The molecular formula is C6H8N2O2. The molecule has 4 heteroatoms. The molecule has 54 valence electrons. The largest absolute Gasteiger partial charge is 0.349 e. The molecule has 10 heavy (non-hydrogen) atoms. The Morgan fingerprint density at radius 1 is 1.70 bits per heavy atom. The van der Waals surface area contributed by atoms with E-state index in [1.165, 1.54) is 6.20 Å². The van der Waals surface area contributed by atoms with Gasteiger partial charge in [-0.05, 0) is 6.92 Å². The van der Waals surface area contributed by atoms with E-state index in [1.807, 2.05) is 6.92 Å². The van der Waals surface area contributed by atoms with Crippen LogP contribution in [0.5, 0.6) is 0 Å². The molecule has 0 N–H and O–H groups in total. The molecule has 0 atom stereocenters. The zero-order valence-corrected chi connectivity index (χ0v) is 5.87. The Kier molecular flexibility index (Phi) is 1.45. The molecule has 1 aromatic heterocycles. The summed E-state index contributed by atoms with van der Waals surface area (Å²) in [6.07, 6.45) is 1.50. The molecule has 4 nitrogen and oxygen atoms in total. The van der Waals surface area contributed by atoms with Crippen molar-refractivity contribution >= 4 is 5.69 Å². The average Bonchev–Trinajstić information content (AvgIpc) is 2.13. The topological polar surface area (TPSA) is 48.1 Å². The smallest absolute Gasteiger partial charge is 0.287 e. The lowest BCUT2D eigenvalue weighted by Gasteiger charge is -1.88. The van der Waals surface area contributed by atoms with Gasteiger partial charge in [-0.15, -0.1) is 0 Å². The van der Waals surface area contributed by atoms with Crippen molar-refractivity contribution in [1.29, 1.82) is 0 Å². The zero-order valence-electron chi connectivity index (χ0n) is 5.87. The Hall–Kier alpha value is -1.32. The highest BCUT2D eigenvalue weighted by molar-refractivity contribution is 5.30. The zero-order chi connectivity index (χ0) is 7.72. The van der Waals surface area contributed by atoms with Crippen LogP contribution in [0.3, 0.4) is 0 Å². The van der Waals surface area contributed by atoms with Crippen LogP contribution in [0, 0.1) is 17.0 Å². The van der Waals surface area contributed by atoms with E-state index in [0.29, 0.717) is 0 Å². The Morgan fingerprint density at radius 3 is 2.50 bits per heavy atom. The molecular weight excluding hydrogens is 132 g/mol. The second-order valence-electron chi connectivity index (χ2n) is 2.21. The summed E-state index contributed by atoms with van der Waals surface area (Å²) < 4.78 is 1.72. The van der Waals surface area contributed by atoms with Crippen molar-refractivity contribution in [2.75, 3.05) is 0 Å². The Labute approximate surface area is 58.2 Å². The van der Waals surface area contributed by atoms with Crippen LogP contribution in [0.1, 0.15) is 5.69 Å². The van der Waals surface area contributed by atoms with Gasteiger partial charge in [0.25, 0.3) is 5.69 Å². The molecule has 0 radical (unpaired) electrons. The summed E-state index contributed by atoms with van der Waals surface area (Å²) in [6.45, 7) is 1.83. The van der Waals surface area contributed by atoms with E-state index in [1.54, 1.807) is 17.7 Å². The van der Waals surface area contributed by atoms with Crippen LogP contribution in [-0.2, 0) is 7.05 Å². The van der Waals surface area contributed by atoms with Crippen LogP contribution in [0.15, 0.2) is 12.3 Å². The van der Waals surface area contributed by atoms with Crippen LogP contribution in [0.2, 0.25) is 0 Å². The first-order valence-corrected chi connectivity index (χ1v) is 2.88. The van der Waals surface area contributed by atoms with Gasteiger partial charge in [0.2, 0.25) is 0 Å². The summed E-state index contributed by atoms with van der Waals surface area (Å²) in [5.74, 6) is 0. The van der Waals surface area contributed by atoms with Gasteiger partial charge < -0.3 is 4.57 Å². The van der Waals surface area contributed by atoms with E-state index >= 15 is 0 Å². The molecule has 1 heterocycles. The normalized spacial score (nSPS) is 9.80. The minimum Gasteiger partial charge on any atom is -0.349 e. The summed E-state index contributed by atoms with van der Waals surface area (Å²) in [6, 6.07) is 1.54. The van der Waals surface area contributed by atoms with Gasteiger partial charge in [0, 0.05) is 18.8 Å². The van der Waals surface area contributed by atoms with E-state index in [9.17, 15) is 10.1 Å². The molecule has 0 saturated heterocycles. The number of aromatic nitrogens is 1. The first-order valence-electron chi connectivity index (χ1n) is 2.88. The van der Waals surface area contributed by atoms with Gasteiger partial charge in [0.1, 0.15) is 0 Å². The van der Waals surface area contributed by atoms with E-state index < -0.39 is 4.92 Å². The van der Waals surface area contributed by atoms with E-state index in [4.69, 9.17) is 0 Å². The van der Waals surface area contributed by atoms with Crippen molar-refractivity contribution in [3.8, 4) is 0 Å². The number of rotatable bonds is 1. The van der Waals surface area contributed by atoms with Crippen LogP contribution < -0.4 is 0 Å². The molecule has 0 spiro atoms. The minimum atomic E-state index is -0.396. The van der Waals surface area contributed by atoms with Crippen LogP contribution in [0.25, 0.3) is 0 Å². The second kappa shape index (κ2) is 2.13. The summed E-state index contributed by atoms with van der Waals surface area (Å²) >= 11 is 0. The van der Waals surface area contributed by atoms with E-state index in [0.717, 1.165) is 5.69 Å². The highest BCUT2D eigenvalue weighted by Gasteiger charge is 2.07. The molecule has 0 fully saturated rings. The predicted octanol–water partition coefficient (Wildman–Crippen LogP) is 1.24. The maximum Gasteiger partial charge on any atom is 0.287 e. The summed E-state index contributed by atoms with van der Waals surface area (Å²) in [5, 5.41) is 10.2. The lowest BCUT2D eigenvalue weighted by Crippen LogP contribution is -1.86. The van der Waals surface area contributed by atoms with Gasteiger partial charge in [-0.2, -0.15) is 0 Å². The first-order chi connectivity index (χ1) is 4.61. The molecule has 0 aliphatic rings. The van der Waals surface area contributed by atoms with Gasteiger partial charge in [-0.3, -0.25) is 10.1 Å². The third kappa shape index (κ3) is 1.00. The van der Waals surface area contributed by atoms with Gasteiger partial charge in [-0.1, -0.05) is 0 Å². The number of nitrogens with zero attached hydrogens (tertiary/aromatic N) is 2. The quantitative estimate of drug-likeness (QED) is 0.435. The van der Waals surface area contributed by atoms with Crippen molar-refractivity contribution in [2.24, 2.45) is 7.05 Å². The van der Waals surface area contributed by atoms with Gasteiger partial charge in [0.05, 0.1) is 11.1 Å². The fourth-order valence-corrected chi connectivity index (χ4v) is 0.753. The lowest BCUT2D eigenvalue weighted by atomic mass is 10.4. The van der Waals surface area contributed by atoms with Crippen molar-refractivity contribution < 1.29 is 4.92 Å². The number of hydrogen-bond acceptors (Lipinski definition) is 2. The van der Waals surface area contributed by atoms with Crippen molar-refractivity contribution in [3.63, 3.8) is 0 Å². The first kappa shape index (κ1) is 6.80. The molecule has 0 amide bonds. The fourth-order valence-electron chi connectivity index (χ4n) is 0.753. The fraction of sp³-hybridized carbons (Fsp3) is 0.333. The number of aryl methyl sites for hydroxylation is 2. The lowest BCUT2D eigenvalue weighted by molar-refractivity contribution is -0.384. The monoisotopic (exact) mass is 140 g/mol. The molecule has 0 saturated carbocycles. The van der Waals surface area contributed by atoms with E-state index in [2.05, 4.69) is 0 Å². The van der Waals surface area contributed by atoms with Crippen LogP contribution in [-0.4, -0.2) is 9.49 Å². The summed E-state index contributed by atoms with van der Waals surface area (Å²) in [4.78, 5) is 9.76. The second-order valence-corrected chi connectivity index (χ2v) is 2.21. The summed E-state index contributed by atoms with van der Waals surface area (Å²) in [5.41, 5.74) is 1.05. The molecule has 0 aromatic carbocycles. The number of nitro groups is 1. The minimum absolute atomic E-state index is 0.153. The molecule has 0 aliphatic heterocycles. The average molecular weight is 140 g/mol. The highest BCUT2D eigenvalue weighted by atomic mass is 16.6. The standard InChI is InChI=1S/C6H8N2O2/c1-5-3-6(8(9)10)4-7(5)2/h3-4H,1-2H3. The van der Waals surface area contributed by atoms with Crippen molar-refractivity contribution in [1.82, 2.24) is 4.57 Å².